The molecular formula is C45H46FGeIrN3S-2. The van der Waals surface area contributed by atoms with E-state index in [1.54, 1.807) is 6.07 Å². The van der Waals surface area contributed by atoms with Gasteiger partial charge >= 0.3 is 140 Å². The van der Waals surface area contributed by atoms with Crippen molar-refractivity contribution >= 4 is 49.3 Å². The SMILES string of the molecule is [2H]C([2H])([2H])c1c[c-]c(-c2cc(CC(C)C)[c]([Ge]([CH3])([CH3])[CH3])cn2)c(F)c1.[2H]C([2H])([2H])c1ccc2c(n1)sc1c(-c3cc(-c4c(C)cc(C)cc4C)ccn3)[c-]ccc12.[Ir]. The zero-order valence-corrected chi connectivity index (χ0v) is 36.1. The van der Waals surface area contributed by atoms with Gasteiger partial charge in [0, 0.05) is 36.1 Å². The van der Waals surface area contributed by atoms with Crippen molar-refractivity contribution in [3.05, 3.63) is 131 Å². The first-order valence-corrected chi connectivity index (χ1v) is 25.3. The van der Waals surface area contributed by atoms with Gasteiger partial charge in [0.05, 0.1) is 0 Å². The van der Waals surface area contributed by atoms with Crippen molar-refractivity contribution in [3.63, 3.8) is 0 Å². The van der Waals surface area contributed by atoms with Crippen LogP contribution in [0.4, 0.5) is 4.39 Å². The molecule has 0 unspecified atom stereocenters. The first kappa shape index (κ1) is 31.9. The molecule has 0 saturated heterocycles. The third-order valence-corrected chi connectivity index (χ3v) is 14.3. The Bertz CT molecular complexity index is 2590. The molecule has 7 heteroatoms. The molecule has 0 fully saturated rings. The Kier molecular flexibility index (Phi) is 9.96. The minimum Gasteiger partial charge on any atom is -0.305 e. The normalized spacial score (nSPS) is 13.7. The number of aryl methyl sites for hydroxylation is 5. The van der Waals surface area contributed by atoms with E-state index in [-0.39, 0.29) is 36.9 Å². The van der Waals surface area contributed by atoms with Crippen LogP contribution in [0.25, 0.3) is 53.9 Å². The Morgan fingerprint density at radius 3 is 2.27 bits per heavy atom. The summed E-state index contributed by atoms with van der Waals surface area (Å²) in [7, 11) is 0. The molecule has 269 valence electrons. The summed E-state index contributed by atoms with van der Waals surface area (Å²) in [5.74, 6) is 6.85. The van der Waals surface area contributed by atoms with Gasteiger partial charge in [0.2, 0.25) is 0 Å². The number of aromatic nitrogens is 3. The average molecular weight is 951 g/mol. The van der Waals surface area contributed by atoms with Crippen LogP contribution in [0.1, 0.15) is 55.6 Å². The summed E-state index contributed by atoms with van der Waals surface area (Å²) in [5.41, 5.74) is 9.88. The largest absolute Gasteiger partial charge is 0.305 e. The Balaban J connectivity index is 0.000000224. The van der Waals surface area contributed by atoms with Gasteiger partial charge in [-0.2, -0.15) is 11.3 Å². The maximum Gasteiger partial charge on any atom is 0.113 e. The van der Waals surface area contributed by atoms with Crippen LogP contribution < -0.4 is 4.40 Å². The molecule has 0 saturated carbocycles. The van der Waals surface area contributed by atoms with Gasteiger partial charge in [-0.25, -0.2) is 4.98 Å². The van der Waals surface area contributed by atoms with Gasteiger partial charge in [0.1, 0.15) is 4.83 Å². The molecule has 3 nitrogen and oxygen atoms in total. The van der Waals surface area contributed by atoms with Gasteiger partial charge in [-0.1, -0.05) is 35.2 Å². The summed E-state index contributed by atoms with van der Waals surface area (Å²) in [6.07, 6.45) is 4.65. The maximum atomic E-state index is 14.5. The number of pyridine rings is 3. The van der Waals surface area contributed by atoms with E-state index >= 15 is 0 Å². The van der Waals surface area contributed by atoms with Crippen molar-refractivity contribution in [1.29, 1.82) is 0 Å². The molecule has 7 rings (SSSR count). The summed E-state index contributed by atoms with van der Waals surface area (Å²) in [6.45, 7) is 6.17. The van der Waals surface area contributed by atoms with Crippen LogP contribution >= 0.6 is 11.3 Å². The fourth-order valence-electron chi connectivity index (χ4n) is 6.75. The number of fused-ring (bicyclic) bond motifs is 3. The van der Waals surface area contributed by atoms with Crippen LogP contribution in [0.5, 0.6) is 0 Å². The molecule has 0 aliphatic rings. The van der Waals surface area contributed by atoms with E-state index in [9.17, 15) is 4.39 Å². The number of rotatable bonds is 6. The molecule has 3 aromatic carbocycles. The first-order valence-electron chi connectivity index (χ1n) is 20.1. The standard InChI is InChI=1S/C26H21N2S.C19H25FGeN.Ir/c1-15-12-16(2)24(17(3)13-15)19-10-11-27-23(14-19)22-7-5-6-20-21-9-8-18(4)28-26(21)29-25(20)22;1-13(2)9-15-11-19(22-12-18(15)21(4,5)6)16-8-7-14(3)10-17(16)20;/h5-6,8-14H,1-4H3;7,10-13H,9H2,1-6H3;/q2*-1;/i4D3;3D3;. The molecule has 1 radical (unpaired) electrons. The average Bonchev–Trinajstić information content (AvgIpc) is 3.48. The summed E-state index contributed by atoms with van der Waals surface area (Å²) in [5, 5.41) is 1.99. The zero-order chi connectivity index (χ0) is 41.6. The van der Waals surface area contributed by atoms with Crippen molar-refractivity contribution < 1.29 is 32.7 Å². The molecule has 0 aliphatic carbocycles. The number of benzene rings is 3. The number of nitrogens with zero attached hydrogens (tertiary/aromatic N) is 3. The predicted octanol–water partition coefficient (Wildman–Crippen LogP) is 11.9. The van der Waals surface area contributed by atoms with E-state index in [1.807, 2.05) is 42.7 Å². The first-order chi connectivity index (χ1) is 26.6. The van der Waals surface area contributed by atoms with E-state index in [1.165, 1.54) is 49.6 Å². The van der Waals surface area contributed by atoms with E-state index in [0.717, 1.165) is 49.6 Å². The predicted molar refractivity (Wildman–Crippen MR) is 218 cm³/mol. The molecular weight excluding hydrogens is 898 g/mol. The Morgan fingerprint density at radius 2 is 1.60 bits per heavy atom. The van der Waals surface area contributed by atoms with Crippen LogP contribution in [0, 0.1) is 58.3 Å². The fourth-order valence-corrected chi connectivity index (χ4v) is 11.3. The minimum absolute atomic E-state index is 0. The maximum absolute atomic E-state index is 14.5. The third kappa shape index (κ3) is 8.63. The van der Waals surface area contributed by atoms with Crippen LogP contribution in [0.2, 0.25) is 17.3 Å². The van der Waals surface area contributed by atoms with E-state index in [0.29, 0.717) is 11.6 Å². The Morgan fingerprint density at radius 1 is 0.846 bits per heavy atom. The minimum atomic E-state index is -2.34. The Hall–Kier alpha value is -3.55. The zero-order valence-electron chi connectivity index (χ0n) is 36.8. The van der Waals surface area contributed by atoms with E-state index in [2.05, 4.69) is 97.2 Å². The topological polar surface area (TPSA) is 38.7 Å². The number of hydrogen-bond acceptors (Lipinski definition) is 4. The van der Waals surface area contributed by atoms with Gasteiger partial charge in [0.25, 0.3) is 0 Å². The third-order valence-electron chi connectivity index (χ3n) is 8.86. The van der Waals surface area contributed by atoms with E-state index in [4.69, 9.17) is 8.22 Å². The smallest absolute Gasteiger partial charge is 0.113 e. The molecule has 0 spiro atoms. The monoisotopic (exact) mass is 952 g/mol. The van der Waals surface area contributed by atoms with Gasteiger partial charge < -0.3 is 4.98 Å². The second-order valence-corrected chi connectivity index (χ2v) is 26.2. The van der Waals surface area contributed by atoms with Gasteiger partial charge in [-0.3, -0.25) is 0 Å². The van der Waals surface area contributed by atoms with Crippen molar-refractivity contribution in [1.82, 2.24) is 15.0 Å². The van der Waals surface area contributed by atoms with Crippen molar-refractivity contribution in [2.45, 2.75) is 72.0 Å². The molecule has 0 atom stereocenters. The molecule has 0 amide bonds. The van der Waals surface area contributed by atoms with Crippen LogP contribution in [-0.2, 0) is 26.5 Å². The molecule has 0 bridgehead atoms. The molecule has 0 aliphatic heterocycles. The molecule has 4 aromatic heterocycles. The van der Waals surface area contributed by atoms with Crippen molar-refractivity contribution in [2.75, 3.05) is 0 Å². The molecule has 4 heterocycles. The molecule has 0 N–H and O–H groups in total. The van der Waals surface area contributed by atoms with Crippen LogP contribution in [0.15, 0.2) is 79.1 Å². The van der Waals surface area contributed by atoms with Crippen LogP contribution in [0.3, 0.4) is 0 Å². The fraction of sp³-hybridized carbons (Fsp3) is 0.267. The summed E-state index contributed by atoms with van der Waals surface area (Å²) in [4.78, 5) is 14.3. The molecule has 7 aromatic rings. The van der Waals surface area contributed by atoms with Gasteiger partial charge in [-0.05, 0) is 77.8 Å². The summed E-state index contributed by atoms with van der Waals surface area (Å²) < 4.78 is 62.0. The van der Waals surface area contributed by atoms with Gasteiger partial charge in [-0.15, -0.1) is 23.8 Å². The van der Waals surface area contributed by atoms with Gasteiger partial charge in [0.15, 0.2) is 0 Å². The Labute approximate surface area is 337 Å². The van der Waals surface area contributed by atoms with Crippen LogP contribution in [-0.4, -0.2) is 28.2 Å². The number of halogens is 1. The summed E-state index contributed by atoms with van der Waals surface area (Å²) >= 11 is -0.592. The van der Waals surface area contributed by atoms with Crippen molar-refractivity contribution in [3.8, 4) is 33.6 Å². The number of hydrogen-bond donors (Lipinski definition) is 0. The molecule has 52 heavy (non-hydrogen) atoms. The van der Waals surface area contributed by atoms with Crippen molar-refractivity contribution in [2.24, 2.45) is 5.92 Å². The summed E-state index contributed by atoms with van der Waals surface area (Å²) in [6, 6.07) is 26.4. The second kappa shape index (κ2) is 16.2. The van der Waals surface area contributed by atoms with E-state index < -0.39 is 32.8 Å². The number of thiophene rings is 1. The quantitative estimate of drug-likeness (QED) is 0.123. The second-order valence-electron chi connectivity index (χ2n) is 14.6.